The number of carboxylic acid groups (broad SMARTS) is 3. The van der Waals surface area contributed by atoms with Gasteiger partial charge < -0.3 is 73.1 Å². The molecule has 0 bridgehead atoms. The van der Waals surface area contributed by atoms with E-state index in [1.165, 1.54) is 86.7 Å². The molecule has 654 valence electrons. The summed E-state index contributed by atoms with van der Waals surface area (Å²) in [6, 6.07) is 22.9. The van der Waals surface area contributed by atoms with Crippen molar-refractivity contribution >= 4 is 121 Å². The number of carboxylic acids is 3. The van der Waals surface area contributed by atoms with Gasteiger partial charge in [0.05, 0.1) is 145 Å². The van der Waals surface area contributed by atoms with Crippen molar-refractivity contribution in [3.63, 3.8) is 0 Å². The van der Waals surface area contributed by atoms with E-state index in [-0.39, 0.29) is 77.4 Å². The Balaban J connectivity index is 0.000000159. The molecule has 3 fully saturated rings. The Morgan fingerprint density at radius 2 is 0.829 bits per heavy atom. The van der Waals surface area contributed by atoms with Crippen LogP contribution in [0.5, 0.6) is 34.8 Å². The summed E-state index contributed by atoms with van der Waals surface area (Å²) in [6.45, 7) is 14.3. The van der Waals surface area contributed by atoms with Crippen LogP contribution < -0.4 is 57.8 Å². The first kappa shape index (κ1) is 88.8. The fraction of sp³-hybridized carbons (Fsp3) is 0.381. The third-order valence-electron chi connectivity index (χ3n) is 21.8. The Bertz CT molecular complexity index is 5460. The number of thiophene rings is 3. The van der Waals surface area contributed by atoms with Gasteiger partial charge in [0.2, 0.25) is 29.6 Å². The van der Waals surface area contributed by atoms with Crippen LogP contribution in [0.4, 0.5) is 95.1 Å². The van der Waals surface area contributed by atoms with Crippen LogP contribution in [-0.4, -0.2) is 195 Å². The Hall–Kier alpha value is -12.0. The van der Waals surface area contributed by atoms with Crippen LogP contribution in [-0.2, 0) is 32.9 Å². The maximum atomic E-state index is 14.0. The number of hydrogen-bond donors (Lipinski definition) is 3. The number of ether oxygens (including phenoxy) is 6. The van der Waals surface area contributed by atoms with E-state index in [2.05, 4.69) is 24.7 Å². The largest absolute Gasteiger partial charge is 0.495 e. The number of benzene rings is 4. The molecule has 26 nitrogen and oxygen atoms in total. The Morgan fingerprint density at radius 1 is 0.439 bits per heavy atom. The number of aliphatic carboxylic acids is 3. The molecule has 9 aromatic rings. The molecule has 6 atom stereocenters. The number of carbonyl (C=O) groups is 3. The van der Waals surface area contributed by atoms with Gasteiger partial charge in [-0.15, -0.1) is 34.0 Å². The minimum atomic E-state index is -4.62. The standard InChI is InChI=1S/C28H28F4N4O4S.2C28H30F3N5O4S/c1-16-15-34(9-10-35(16)18-5-6-19(29)24(13-18)40-3)27-33-20-8-11-41-26(20)22(14-25(37)38)36(27)21-12-17(28(30,31)32)4-7-23(21)39-2;1-16-15-41-26-21(13-24(37)38)36(20-11-18(28(29,30)31)5-6-22(20)39-3)27(33-25(16)26)34-9-10-35(17(2)14-34)19-7-8-32-23(12-19)40-4;1-16-15-34(9-10-35(16)19-7-8-32-24(13-19)40-4)27-33-20-11-17(2)41-26(20)22(14-25(37)38)36(27)21-12-18(28(29,30)31)5-6-23(21)39-3/h4-8,11-13,16,22H,9-10,14-15H2,1-3H3,(H,37,38);5-8,11-12,15,17,21H,9-10,13-14H2,1-4H3,(H,37,38);5-8,11-13,16,22H,9-10,14-15H2,1-4H3,(H,37,38). The minimum absolute atomic E-state index is 0.0210. The second-order valence-corrected chi connectivity index (χ2v) is 32.8. The van der Waals surface area contributed by atoms with E-state index in [0.717, 1.165) is 63.9 Å². The summed E-state index contributed by atoms with van der Waals surface area (Å²) >= 11 is 4.05. The number of aryl methyl sites for hydroxylation is 2. The number of aromatic nitrogens is 2. The van der Waals surface area contributed by atoms with Crippen molar-refractivity contribution in [3.05, 3.63) is 180 Å². The zero-order valence-corrected chi connectivity index (χ0v) is 70.9. The zero-order valence-electron chi connectivity index (χ0n) is 68.4. The summed E-state index contributed by atoms with van der Waals surface area (Å²) < 4.78 is 171. The molecule has 0 aliphatic carbocycles. The fourth-order valence-electron chi connectivity index (χ4n) is 16.1. The Labute approximate surface area is 713 Å². The van der Waals surface area contributed by atoms with Gasteiger partial charge in [-0.1, -0.05) is 0 Å². The number of guanidine groups is 3. The number of piperazine rings is 3. The lowest BCUT2D eigenvalue weighted by Crippen LogP contribution is -2.58. The average molecular weight is 1770 g/mol. The molecule has 123 heavy (non-hydrogen) atoms. The van der Waals surface area contributed by atoms with Gasteiger partial charge in [0.1, 0.15) is 17.2 Å². The molecule has 6 unspecified atom stereocenters. The number of hydrogen-bond acceptors (Lipinski definition) is 26. The van der Waals surface area contributed by atoms with Gasteiger partial charge in [-0.2, -0.15) is 39.5 Å². The molecule has 3 saturated heterocycles. The topological polar surface area (TPSA) is 259 Å². The second kappa shape index (κ2) is 36.6. The van der Waals surface area contributed by atoms with Gasteiger partial charge in [-0.3, -0.25) is 29.1 Å². The molecule has 39 heteroatoms. The first-order chi connectivity index (χ1) is 58.5. The quantitative estimate of drug-likeness (QED) is 0.0674. The first-order valence-corrected chi connectivity index (χ1v) is 41.3. The van der Waals surface area contributed by atoms with Crippen molar-refractivity contribution in [2.24, 2.45) is 15.0 Å². The molecule has 11 heterocycles. The number of pyridine rings is 2. The summed E-state index contributed by atoms with van der Waals surface area (Å²) in [5.41, 5.74) is 3.07. The minimum Gasteiger partial charge on any atom is -0.495 e. The van der Waals surface area contributed by atoms with Gasteiger partial charge in [0.25, 0.3) is 0 Å². The molecule has 0 spiro atoms. The van der Waals surface area contributed by atoms with Crippen LogP contribution in [0.25, 0.3) is 0 Å². The summed E-state index contributed by atoms with van der Waals surface area (Å²) in [4.78, 5) is 79.5. The highest BCUT2D eigenvalue weighted by molar-refractivity contribution is 7.12. The first-order valence-electron chi connectivity index (χ1n) is 38.7. The van der Waals surface area contributed by atoms with Crippen molar-refractivity contribution in [1.82, 2.24) is 24.7 Å². The lowest BCUT2D eigenvalue weighted by atomic mass is 10.0. The molecule has 5 aromatic heterocycles. The fourth-order valence-corrected chi connectivity index (χ4v) is 19.1. The maximum Gasteiger partial charge on any atom is 0.416 e. The Morgan fingerprint density at radius 3 is 1.22 bits per heavy atom. The number of methoxy groups -OCH3 is 6. The van der Waals surface area contributed by atoms with Crippen LogP contribution in [0.1, 0.15) is 99.9 Å². The van der Waals surface area contributed by atoms with Crippen LogP contribution in [0.3, 0.4) is 0 Å². The molecule has 0 radical (unpaired) electrons. The second-order valence-electron chi connectivity index (χ2n) is 29.6. The lowest BCUT2D eigenvalue weighted by molar-refractivity contribution is -0.138. The number of nitrogens with zero attached hydrogens (tertiary/aromatic N) is 14. The van der Waals surface area contributed by atoms with E-state index in [1.54, 1.807) is 64.9 Å². The van der Waals surface area contributed by atoms with Crippen molar-refractivity contribution in [3.8, 4) is 34.8 Å². The summed E-state index contributed by atoms with van der Waals surface area (Å²) in [5, 5.41) is 33.3. The molecular weight excluding hydrogens is 1680 g/mol. The predicted octanol–water partition coefficient (Wildman–Crippen LogP) is 17.6. The van der Waals surface area contributed by atoms with Crippen LogP contribution in [0.15, 0.2) is 147 Å². The van der Waals surface area contributed by atoms with Gasteiger partial charge >= 0.3 is 36.4 Å². The van der Waals surface area contributed by atoms with E-state index in [9.17, 15) is 73.6 Å². The third kappa shape index (κ3) is 19.0. The average Bonchev–Trinajstić information content (AvgIpc) is 1.73. The van der Waals surface area contributed by atoms with Crippen molar-refractivity contribution < 1.29 is 102 Å². The van der Waals surface area contributed by atoms with E-state index in [4.69, 9.17) is 43.4 Å². The maximum absolute atomic E-state index is 14.0. The highest BCUT2D eigenvalue weighted by atomic mass is 32.1. The molecule has 15 rings (SSSR count). The number of fused-ring (bicyclic) bond motifs is 3. The number of halogens is 10. The predicted molar refractivity (Wildman–Crippen MR) is 450 cm³/mol. The van der Waals surface area contributed by atoms with Crippen LogP contribution in [0.2, 0.25) is 0 Å². The lowest BCUT2D eigenvalue weighted by Gasteiger charge is -2.47. The summed E-state index contributed by atoms with van der Waals surface area (Å²) in [5.74, 6) is -0.963. The summed E-state index contributed by atoms with van der Waals surface area (Å²) in [6.07, 6.45) is -11.5. The van der Waals surface area contributed by atoms with Gasteiger partial charge in [-0.05, 0) is 142 Å². The molecule has 6 aliphatic rings. The molecule has 0 saturated carbocycles. The van der Waals surface area contributed by atoms with E-state index < -0.39 is 77.1 Å². The number of aliphatic imine (C=N–C) groups is 3. The smallest absolute Gasteiger partial charge is 0.416 e. The molecular formula is C84H88F10N14O12S3. The molecule has 3 N–H and O–H groups in total. The number of alkyl halides is 9. The Kier molecular flexibility index (Phi) is 26.4. The number of rotatable bonds is 18. The van der Waals surface area contributed by atoms with Gasteiger partial charge in [0.15, 0.2) is 11.6 Å². The molecule has 0 amide bonds. The van der Waals surface area contributed by atoms with E-state index in [1.807, 2.05) is 85.0 Å². The molecule has 6 aliphatic heterocycles. The highest BCUT2D eigenvalue weighted by Crippen LogP contribution is 2.53. The zero-order chi connectivity index (χ0) is 88.4. The van der Waals surface area contributed by atoms with E-state index in [0.29, 0.717) is 120 Å². The normalized spacial score (nSPS) is 19.1. The van der Waals surface area contributed by atoms with Crippen LogP contribution >= 0.6 is 34.0 Å². The summed E-state index contributed by atoms with van der Waals surface area (Å²) in [7, 11) is 8.62. The van der Waals surface area contributed by atoms with Crippen LogP contribution in [0, 0.1) is 19.7 Å². The van der Waals surface area contributed by atoms with Gasteiger partial charge in [-0.25, -0.2) is 29.3 Å². The monoisotopic (exact) mass is 1770 g/mol. The van der Waals surface area contributed by atoms with Crippen molar-refractivity contribution in [2.45, 2.75) is 109 Å². The van der Waals surface area contributed by atoms with Crippen molar-refractivity contribution in [1.29, 1.82) is 0 Å². The van der Waals surface area contributed by atoms with E-state index >= 15 is 0 Å². The van der Waals surface area contributed by atoms with Crippen molar-refractivity contribution in [2.75, 3.05) is 131 Å². The third-order valence-corrected chi connectivity index (χ3v) is 25.1. The highest BCUT2D eigenvalue weighted by Gasteiger charge is 2.47. The molecule has 4 aromatic carbocycles. The number of anilines is 6. The SMILES string of the molecule is COc1cc(N2CCN(C3=Nc4c(C)csc4C(CC(=O)O)N3c3cc(C(F)(F)F)ccc3OC)CC2C)ccn1.COc1cc(N2CCN(C3=Nc4cc(C)sc4C(CC(=O)O)N3c3cc(C(F)(F)F)ccc3OC)CC2C)ccn1.COc1cc(N2CCN(C3=Nc4ccsc4C(CC(=O)O)N3c3cc(C(F)(F)F)ccc3OC)CC2C)ccc1F. The van der Waals surface area contributed by atoms with Gasteiger partial charge in [0, 0.05) is 130 Å².